The molecule has 0 saturated heterocycles. The van der Waals surface area contributed by atoms with E-state index in [0.717, 1.165) is 9.76 Å². The summed E-state index contributed by atoms with van der Waals surface area (Å²) < 4.78 is 1.14. The minimum atomic E-state index is -0.879. The fourth-order valence-corrected chi connectivity index (χ4v) is 1.89. The van der Waals surface area contributed by atoms with Crippen LogP contribution in [0.2, 0.25) is 0 Å². The highest BCUT2D eigenvalue weighted by molar-refractivity contribution is 6.03. The van der Waals surface area contributed by atoms with Crippen LogP contribution in [-0.4, -0.2) is 31.7 Å². The van der Waals surface area contributed by atoms with Gasteiger partial charge in [-0.1, -0.05) is 35.4 Å². The van der Waals surface area contributed by atoms with E-state index in [2.05, 4.69) is 15.5 Å². The standard InChI is InChI=1S/C8H7ClN4O.C7H6O2/c9-13-8(10-11-12-13)5-6-2-1-3-7(14)4-6;8-7(9)6-4-2-1-3-5-6/h1-4,14H,5H2;1-5H,(H,8,9)/p+1. The molecular formula is C15H14ClN4O3+. The second kappa shape index (κ2) is 7.90. The molecule has 118 valence electrons. The van der Waals surface area contributed by atoms with Crippen LogP contribution >= 0.6 is 11.8 Å². The van der Waals surface area contributed by atoms with Gasteiger partial charge in [-0.15, -0.1) is 0 Å². The van der Waals surface area contributed by atoms with Gasteiger partial charge in [-0.2, -0.15) is 0 Å². The number of carboxylic acid groups (broad SMARTS) is 1. The number of aromatic nitrogens is 4. The second-order valence-corrected chi connectivity index (χ2v) is 4.85. The predicted octanol–water partition coefficient (Wildman–Crippen LogP) is 1.78. The number of hydrogen-bond donors (Lipinski definition) is 3. The number of nitrogens with one attached hydrogen (secondary N) is 1. The van der Waals surface area contributed by atoms with Gasteiger partial charge in [0.25, 0.3) is 5.82 Å². The van der Waals surface area contributed by atoms with Crippen molar-refractivity contribution in [3.05, 3.63) is 71.5 Å². The molecule has 0 aliphatic carbocycles. The molecule has 0 aliphatic heterocycles. The maximum Gasteiger partial charge on any atom is 0.335 e. The Morgan fingerprint density at radius 1 is 1.17 bits per heavy atom. The van der Waals surface area contributed by atoms with Crippen LogP contribution in [0.1, 0.15) is 21.7 Å². The number of benzene rings is 2. The Morgan fingerprint density at radius 3 is 2.43 bits per heavy atom. The molecule has 0 radical (unpaired) electrons. The molecule has 2 aromatic carbocycles. The van der Waals surface area contributed by atoms with Crippen molar-refractivity contribution >= 4 is 17.7 Å². The number of rotatable bonds is 3. The molecule has 0 atom stereocenters. The van der Waals surface area contributed by atoms with Gasteiger partial charge in [0.05, 0.1) is 12.0 Å². The smallest absolute Gasteiger partial charge is 0.335 e. The molecule has 3 rings (SSSR count). The molecule has 1 aromatic heterocycles. The molecule has 0 fully saturated rings. The van der Waals surface area contributed by atoms with E-state index >= 15 is 0 Å². The van der Waals surface area contributed by atoms with Gasteiger partial charge in [-0.25, -0.2) is 4.79 Å². The number of H-pyrrole nitrogens is 1. The summed E-state index contributed by atoms with van der Waals surface area (Å²) in [5, 5.41) is 27.4. The highest BCUT2D eigenvalue weighted by atomic mass is 35.5. The average molecular weight is 334 g/mol. The lowest BCUT2D eigenvalue weighted by atomic mass is 10.1. The lowest BCUT2D eigenvalue weighted by Crippen LogP contribution is -2.27. The van der Waals surface area contributed by atoms with Crippen molar-refractivity contribution in [2.24, 2.45) is 0 Å². The van der Waals surface area contributed by atoms with Crippen molar-refractivity contribution in [2.75, 3.05) is 0 Å². The van der Waals surface area contributed by atoms with E-state index in [0.29, 0.717) is 17.8 Å². The molecule has 7 nitrogen and oxygen atoms in total. The average Bonchev–Trinajstić information content (AvgIpc) is 2.94. The number of halogens is 1. The summed E-state index contributed by atoms with van der Waals surface area (Å²) in [7, 11) is 0. The van der Waals surface area contributed by atoms with E-state index in [1.54, 1.807) is 48.5 Å². The first-order valence-electron chi connectivity index (χ1n) is 6.61. The summed E-state index contributed by atoms with van der Waals surface area (Å²) in [6, 6.07) is 15.2. The molecule has 1 heterocycles. The summed E-state index contributed by atoms with van der Waals surface area (Å²) in [4.78, 5) is 10.2. The monoisotopic (exact) mass is 333 g/mol. The summed E-state index contributed by atoms with van der Waals surface area (Å²) in [6.07, 6.45) is 0.547. The van der Waals surface area contributed by atoms with E-state index in [9.17, 15) is 9.90 Å². The number of carbonyl (C=O) groups is 1. The number of aromatic hydroxyl groups is 1. The Labute approximate surface area is 136 Å². The first-order valence-corrected chi connectivity index (χ1v) is 6.94. The van der Waals surface area contributed by atoms with Crippen molar-refractivity contribution in [2.45, 2.75) is 6.42 Å². The van der Waals surface area contributed by atoms with Crippen molar-refractivity contribution in [3.63, 3.8) is 0 Å². The lowest BCUT2D eigenvalue weighted by Gasteiger charge is -1.96. The zero-order valence-electron chi connectivity index (χ0n) is 11.9. The normalized spacial score (nSPS) is 9.78. The first kappa shape index (κ1) is 16.4. The van der Waals surface area contributed by atoms with Gasteiger partial charge in [-0.05, 0) is 34.0 Å². The number of nitrogens with zero attached hydrogens (tertiary/aromatic N) is 3. The Morgan fingerprint density at radius 2 is 1.91 bits per heavy atom. The largest absolute Gasteiger partial charge is 0.508 e. The van der Waals surface area contributed by atoms with E-state index in [1.807, 2.05) is 6.07 Å². The van der Waals surface area contributed by atoms with Crippen molar-refractivity contribution in [3.8, 4) is 5.75 Å². The van der Waals surface area contributed by atoms with E-state index in [1.165, 1.54) is 0 Å². The van der Waals surface area contributed by atoms with E-state index in [-0.39, 0.29) is 5.75 Å². The lowest BCUT2D eigenvalue weighted by molar-refractivity contribution is -0.597. The van der Waals surface area contributed by atoms with Gasteiger partial charge in [0.2, 0.25) is 0 Å². The van der Waals surface area contributed by atoms with E-state index in [4.69, 9.17) is 16.9 Å². The molecule has 0 aliphatic rings. The first-order chi connectivity index (χ1) is 11.1. The third-order valence-corrected chi connectivity index (χ3v) is 3.10. The van der Waals surface area contributed by atoms with Gasteiger partial charge in [0, 0.05) is 0 Å². The van der Waals surface area contributed by atoms with Crippen LogP contribution in [0.5, 0.6) is 5.75 Å². The molecule has 0 spiro atoms. The molecular weight excluding hydrogens is 320 g/mol. The van der Waals surface area contributed by atoms with Crippen LogP contribution in [0.3, 0.4) is 0 Å². The van der Waals surface area contributed by atoms with Crippen molar-refractivity contribution in [1.82, 2.24) is 15.5 Å². The summed E-state index contributed by atoms with van der Waals surface area (Å²) >= 11 is 5.68. The molecule has 0 amide bonds. The SMILES string of the molecule is O=C(O)c1ccccc1.Oc1cccc(Cc2[nH]nn[n+]2Cl)c1. The van der Waals surface area contributed by atoms with Crippen LogP contribution < -0.4 is 4.20 Å². The van der Waals surface area contributed by atoms with Gasteiger partial charge in [-0.3, -0.25) is 0 Å². The van der Waals surface area contributed by atoms with Gasteiger partial charge in [0.15, 0.2) is 5.21 Å². The Balaban J connectivity index is 0.000000185. The Kier molecular flexibility index (Phi) is 5.65. The van der Waals surface area contributed by atoms with Crippen molar-refractivity contribution in [1.29, 1.82) is 0 Å². The minimum absolute atomic E-state index is 0.232. The van der Waals surface area contributed by atoms with Gasteiger partial charge < -0.3 is 10.2 Å². The number of aromatic amines is 1. The second-order valence-electron chi connectivity index (χ2n) is 4.53. The number of phenolic OH excluding ortho intramolecular Hbond substituents is 1. The predicted molar refractivity (Wildman–Crippen MR) is 82.1 cm³/mol. The summed E-state index contributed by atoms with van der Waals surface area (Å²) in [5.41, 5.74) is 1.27. The zero-order chi connectivity index (χ0) is 16.7. The molecule has 3 N–H and O–H groups in total. The fourth-order valence-electron chi connectivity index (χ4n) is 1.76. The number of aromatic carboxylic acids is 1. The number of phenols is 1. The molecule has 3 aromatic rings. The molecule has 8 heteroatoms. The Bertz CT molecular complexity index is 777. The summed E-state index contributed by atoms with van der Waals surface area (Å²) in [5.74, 6) is 0.0176. The number of hydrogen-bond acceptors (Lipinski definition) is 4. The highest BCUT2D eigenvalue weighted by Crippen LogP contribution is 2.12. The van der Waals surface area contributed by atoms with Crippen LogP contribution in [0.4, 0.5) is 0 Å². The van der Waals surface area contributed by atoms with Gasteiger partial charge in [0.1, 0.15) is 22.7 Å². The molecule has 0 bridgehead atoms. The third-order valence-electron chi connectivity index (χ3n) is 2.83. The maximum atomic E-state index is 10.2. The molecule has 0 unspecified atom stereocenters. The highest BCUT2D eigenvalue weighted by Gasteiger charge is 2.11. The number of tetrazole rings is 1. The van der Waals surface area contributed by atoms with Crippen LogP contribution in [0.15, 0.2) is 54.6 Å². The topological polar surface area (TPSA) is 103 Å². The van der Waals surface area contributed by atoms with Crippen LogP contribution in [0, 0.1) is 0 Å². The third kappa shape index (κ3) is 5.08. The molecule has 0 saturated carbocycles. The minimum Gasteiger partial charge on any atom is -0.508 e. The van der Waals surface area contributed by atoms with Gasteiger partial charge >= 0.3 is 5.97 Å². The maximum absolute atomic E-state index is 10.2. The fraction of sp³-hybridized carbons (Fsp3) is 0.0667. The Hall–Kier alpha value is -2.93. The molecule has 23 heavy (non-hydrogen) atoms. The summed E-state index contributed by atoms with van der Waals surface area (Å²) in [6.45, 7) is 0. The van der Waals surface area contributed by atoms with Crippen molar-refractivity contribution < 1.29 is 19.2 Å². The quantitative estimate of drug-likeness (QED) is 0.678. The van der Waals surface area contributed by atoms with Crippen LogP contribution in [0.25, 0.3) is 0 Å². The van der Waals surface area contributed by atoms with Crippen LogP contribution in [-0.2, 0) is 6.42 Å². The zero-order valence-corrected chi connectivity index (χ0v) is 12.7. The van der Waals surface area contributed by atoms with E-state index < -0.39 is 5.97 Å². The number of carboxylic acids is 1.